The van der Waals surface area contributed by atoms with Gasteiger partial charge in [-0.3, -0.25) is 19.2 Å². The van der Waals surface area contributed by atoms with Gasteiger partial charge in [0.05, 0.1) is 5.69 Å². The molecule has 33 heavy (non-hydrogen) atoms. The topological polar surface area (TPSA) is 61.7 Å². The number of rotatable bonds is 7. The molecule has 2 aliphatic heterocycles. The summed E-state index contributed by atoms with van der Waals surface area (Å²) in [4.78, 5) is 32.3. The monoisotopic (exact) mass is 451 g/mol. The molecular weight excluding hydrogens is 414 g/mol. The summed E-state index contributed by atoms with van der Waals surface area (Å²) in [6, 6.07) is 12.4. The van der Waals surface area contributed by atoms with E-state index in [0.717, 1.165) is 70.8 Å². The third-order valence-electron chi connectivity index (χ3n) is 6.97. The van der Waals surface area contributed by atoms with E-state index in [1.54, 1.807) is 4.68 Å². The van der Waals surface area contributed by atoms with Gasteiger partial charge in [0.15, 0.2) is 0 Å². The van der Waals surface area contributed by atoms with Crippen molar-refractivity contribution in [1.29, 1.82) is 0 Å². The van der Waals surface area contributed by atoms with Gasteiger partial charge >= 0.3 is 0 Å². The predicted octanol–water partition coefficient (Wildman–Crippen LogP) is 3.19. The fourth-order valence-electron chi connectivity index (χ4n) is 5.09. The Hall–Kier alpha value is -2.67. The van der Waals surface area contributed by atoms with Crippen LogP contribution in [0, 0.1) is 12.8 Å². The van der Waals surface area contributed by atoms with Crippen LogP contribution >= 0.6 is 0 Å². The Kier molecular flexibility index (Phi) is 7.81. The largest absolute Gasteiger partial charge is 0.340 e. The third-order valence-corrected chi connectivity index (χ3v) is 6.97. The highest BCUT2D eigenvalue weighted by Crippen LogP contribution is 2.23. The summed E-state index contributed by atoms with van der Waals surface area (Å²) in [7, 11) is 0. The summed E-state index contributed by atoms with van der Waals surface area (Å²) in [5, 5.41) is 4.42. The van der Waals surface area contributed by atoms with Crippen LogP contribution < -0.4 is 0 Å². The van der Waals surface area contributed by atoms with Crippen LogP contribution in [0.2, 0.25) is 0 Å². The van der Waals surface area contributed by atoms with E-state index < -0.39 is 0 Å². The molecule has 7 nitrogen and oxygen atoms in total. The number of amides is 2. The Labute approximate surface area is 197 Å². The standard InChI is InChI=1S/C26H37N5O2/c1-3-31-24(18-21(2)27-31)26(33)30-13-7-10-23(20-30)11-12-25(32)29-16-14-28(15-17-29)19-22-8-5-4-6-9-22/h4-6,8-9,18,23H,3,7,10-17,19-20H2,1-2H3. The highest BCUT2D eigenvalue weighted by Gasteiger charge is 2.28. The maximum atomic E-state index is 13.1. The molecule has 178 valence electrons. The van der Waals surface area contributed by atoms with Crippen LogP contribution in [0.5, 0.6) is 0 Å². The van der Waals surface area contributed by atoms with Crippen LogP contribution in [0.15, 0.2) is 36.4 Å². The second-order valence-electron chi connectivity index (χ2n) is 9.43. The van der Waals surface area contributed by atoms with E-state index in [4.69, 9.17) is 0 Å². The lowest BCUT2D eigenvalue weighted by Crippen LogP contribution is -2.48. The summed E-state index contributed by atoms with van der Waals surface area (Å²) >= 11 is 0. The summed E-state index contributed by atoms with van der Waals surface area (Å²) in [5.74, 6) is 0.727. The van der Waals surface area contributed by atoms with Crippen LogP contribution in [0.4, 0.5) is 0 Å². The number of piperazine rings is 1. The minimum absolute atomic E-state index is 0.0722. The fourth-order valence-corrected chi connectivity index (χ4v) is 5.09. The van der Waals surface area contributed by atoms with Crippen molar-refractivity contribution in [2.45, 2.75) is 52.6 Å². The number of aryl methyl sites for hydroxylation is 2. The maximum absolute atomic E-state index is 13.1. The van der Waals surface area contributed by atoms with E-state index in [2.05, 4.69) is 34.3 Å². The molecule has 2 amide bonds. The molecule has 1 aromatic carbocycles. The number of likely N-dealkylation sites (tertiary alicyclic amines) is 1. The first kappa shape index (κ1) is 23.5. The number of aromatic nitrogens is 2. The second kappa shape index (κ2) is 11.0. The SMILES string of the molecule is CCn1nc(C)cc1C(=O)N1CCCC(CCC(=O)N2CCN(Cc3ccccc3)CC2)C1. The Balaban J connectivity index is 1.22. The van der Waals surface area contributed by atoms with Gasteiger partial charge in [0.25, 0.3) is 5.91 Å². The highest BCUT2D eigenvalue weighted by molar-refractivity contribution is 5.92. The zero-order valence-electron chi connectivity index (χ0n) is 20.1. The van der Waals surface area contributed by atoms with Crippen molar-refractivity contribution < 1.29 is 9.59 Å². The average Bonchev–Trinajstić information content (AvgIpc) is 3.24. The summed E-state index contributed by atoms with van der Waals surface area (Å²) in [6.45, 7) is 10.6. The molecule has 2 aliphatic rings. The molecule has 1 aromatic heterocycles. The van der Waals surface area contributed by atoms with E-state index in [1.165, 1.54) is 5.56 Å². The Morgan fingerprint density at radius 1 is 1.03 bits per heavy atom. The number of hydrogen-bond acceptors (Lipinski definition) is 4. The van der Waals surface area contributed by atoms with Gasteiger partial charge in [-0.05, 0) is 50.7 Å². The number of benzene rings is 1. The number of nitrogens with zero attached hydrogens (tertiary/aromatic N) is 5. The zero-order chi connectivity index (χ0) is 23.2. The molecule has 0 spiro atoms. The van der Waals surface area contributed by atoms with Gasteiger partial charge in [-0.25, -0.2) is 0 Å². The van der Waals surface area contributed by atoms with Gasteiger partial charge in [0.1, 0.15) is 5.69 Å². The normalized spacial score (nSPS) is 19.6. The second-order valence-corrected chi connectivity index (χ2v) is 9.43. The van der Waals surface area contributed by atoms with E-state index in [-0.39, 0.29) is 11.8 Å². The lowest BCUT2D eigenvalue weighted by molar-refractivity contribution is -0.133. The van der Waals surface area contributed by atoms with Crippen molar-refractivity contribution in [1.82, 2.24) is 24.5 Å². The summed E-state index contributed by atoms with van der Waals surface area (Å²) in [5.41, 5.74) is 2.88. The van der Waals surface area contributed by atoms with Gasteiger partial charge in [-0.15, -0.1) is 0 Å². The Morgan fingerprint density at radius 2 is 1.79 bits per heavy atom. The van der Waals surface area contributed by atoms with Crippen molar-refractivity contribution in [2.24, 2.45) is 5.92 Å². The van der Waals surface area contributed by atoms with Crippen LogP contribution in [0.1, 0.15) is 54.4 Å². The highest BCUT2D eigenvalue weighted by atomic mass is 16.2. The summed E-state index contributed by atoms with van der Waals surface area (Å²) < 4.78 is 1.79. The minimum atomic E-state index is 0.0722. The van der Waals surface area contributed by atoms with Crippen molar-refractivity contribution in [3.05, 3.63) is 53.3 Å². The van der Waals surface area contributed by atoms with Crippen LogP contribution in [-0.2, 0) is 17.9 Å². The molecule has 4 rings (SSSR count). The van der Waals surface area contributed by atoms with Crippen LogP contribution in [0.25, 0.3) is 0 Å². The summed E-state index contributed by atoms with van der Waals surface area (Å²) in [6.07, 6.45) is 3.53. The first-order chi connectivity index (χ1) is 16.0. The number of carbonyl (C=O) groups excluding carboxylic acids is 2. The van der Waals surface area contributed by atoms with Crippen molar-refractivity contribution in [2.75, 3.05) is 39.3 Å². The third kappa shape index (κ3) is 6.02. The van der Waals surface area contributed by atoms with Crippen molar-refractivity contribution >= 4 is 11.8 Å². The van der Waals surface area contributed by atoms with E-state index >= 15 is 0 Å². The lowest BCUT2D eigenvalue weighted by atomic mass is 9.93. The fraction of sp³-hybridized carbons (Fsp3) is 0.577. The number of hydrogen-bond donors (Lipinski definition) is 0. The van der Waals surface area contributed by atoms with Crippen LogP contribution in [0.3, 0.4) is 0 Å². The van der Waals surface area contributed by atoms with Gasteiger partial charge in [-0.2, -0.15) is 5.10 Å². The molecule has 2 aromatic rings. The molecule has 7 heteroatoms. The molecule has 0 bridgehead atoms. The number of carbonyl (C=O) groups is 2. The molecule has 2 saturated heterocycles. The molecule has 0 N–H and O–H groups in total. The molecular formula is C26H37N5O2. The molecule has 0 aliphatic carbocycles. The molecule has 2 fully saturated rings. The van der Waals surface area contributed by atoms with Gasteiger partial charge in [0, 0.05) is 58.8 Å². The smallest absolute Gasteiger partial charge is 0.272 e. The number of piperidine rings is 1. The molecule has 0 saturated carbocycles. The zero-order valence-corrected chi connectivity index (χ0v) is 20.1. The predicted molar refractivity (Wildman–Crippen MR) is 129 cm³/mol. The van der Waals surface area contributed by atoms with Gasteiger partial charge < -0.3 is 9.80 Å². The molecule has 1 unspecified atom stereocenters. The Morgan fingerprint density at radius 3 is 2.52 bits per heavy atom. The van der Waals surface area contributed by atoms with E-state index in [0.29, 0.717) is 24.6 Å². The van der Waals surface area contributed by atoms with Crippen molar-refractivity contribution in [3.8, 4) is 0 Å². The first-order valence-corrected chi connectivity index (χ1v) is 12.4. The molecule has 0 radical (unpaired) electrons. The quantitative estimate of drug-likeness (QED) is 0.649. The van der Waals surface area contributed by atoms with E-state index in [9.17, 15) is 9.59 Å². The Bertz CT molecular complexity index is 933. The van der Waals surface area contributed by atoms with E-state index in [1.807, 2.05) is 35.8 Å². The molecule has 3 heterocycles. The van der Waals surface area contributed by atoms with Crippen LogP contribution in [-0.4, -0.2) is 75.6 Å². The molecule has 1 atom stereocenters. The van der Waals surface area contributed by atoms with Gasteiger partial charge in [0.2, 0.25) is 5.91 Å². The lowest BCUT2D eigenvalue weighted by Gasteiger charge is -2.36. The van der Waals surface area contributed by atoms with Crippen molar-refractivity contribution in [3.63, 3.8) is 0 Å². The average molecular weight is 452 g/mol. The van der Waals surface area contributed by atoms with Gasteiger partial charge in [-0.1, -0.05) is 30.3 Å². The first-order valence-electron chi connectivity index (χ1n) is 12.4. The minimum Gasteiger partial charge on any atom is -0.340 e. The maximum Gasteiger partial charge on any atom is 0.272 e.